The van der Waals surface area contributed by atoms with Gasteiger partial charge in [-0.15, -0.1) is 0 Å². The largest absolute Gasteiger partial charge is 0.310 e. The van der Waals surface area contributed by atoms with Crippen LogP contribution in [0.2, 0.25) is 0 Å². The van der Waals surface area contributed by atoms with Crippen LogP contribution in [0.15, 0.2) is 194 Å². The molecule has 0 aliphatic heterocycles. The zero-order chi connectivity index (χ0) is 39.4. The second-order valence-electron chi connectivity index (χ2n) is 16.7. The summed E-state index contributed by atoms with van der Waals surface area (Å²) in [6.45, 7) is 9.48. The molecule has 58 heavy (non-hydrogen) atoms. The van der Waals surface area contributed by atoms with Crippen molar-refractivity contribution in [3.8, 4) is 22.3 Å². The van der Waals surface area contributed by atoms with Gasteiger partial charge in [0.1, 0.15) is 0 Å². The number of hydrogen-bond acceptors (Lipinski definition) is 2. The minimum Gasteiger partial charge on any atom is -0.310 e. The number of nitrogens with zero attached hydrogens (tertiary/aromatic N) is 2. The number of benzene rings is 8. The van der Waals surface area contributed by atoms with Crippen molar-refractivity contribution in [3.63, 3.8) is 0 Å². The van der Waals surface area contributed by atoms with Crippen LogP contribution in [-0.2, 0) is 10.8 Å². The predicted octanol–water partition coefficient (Wildman–Crippen LogP) is 15.4. The Bertz CT molecular complexity index is 2540. The van der Waals surface area contributed by atoms with Crippen LogP contribution in [0.4, 0.5) is 34.1 Å². The summed E-state index contributed by atoms with van der Waals surface area (Å²) < 4.78 is 0. The normalized spacial score (nSPS) is 14.1. The average molecular weight is 747 g/mol. The van der Waals surface area contributed by atoms with E-state index < -0.39 is 0 Å². The van der Waals surface area contributed by atoms with Gasteiger partial charge in [-0.1, -0.05) is 161 Å². The summed E-state index contributed by atoms with van der Waals surface area (Å²) >= 11 is 0. The first-order valence-electron chi connectivity index (χ1n) is 20.3. The maximum atomic E-state index is 2.40. The van der Waals surface area contributed by atoms with Gasteiger partial charge in [0.15, 0.2) is 0 Å². The zero-order valence-electron chi connectivity index (χ0n) is 33.5. The lowest BCUT2D eigenvalue weighted by molar-refractivity contribution is 0.660. The molecule has 2 aliphatic carbocycles. The first-order valence-corrected chi connectivity index (χ1v) is 20.3. The van der Waals surface area contributed by atoms with Crippen molar-refractivity contribution in [2.45, 2.75) is 38.5 Å². The van der Waals surface area contributed by atoms with Crippen molar-refractivity contribution >= 4 is 46.3 Å². The predicted molar refractivity (Wildman–Crippen MR) is 246 cm³/mol. The third kappa shape index (κ3) is 5.96. The standard InChI is InChI=1S/C56H46N2/c1-55(2)51-35-39(27-31-47(51)49-33-29-45(37-53(49)55)57(41-17-9-5-10-18-41)42-19-11-6-12-20-42)25-26-40-28-32-48-50-34-30-46(38-54(50)56(3,4)52(48)36-40)58(43-21-13-7-14-22-43)44-23-15-8-16-24-44/h5-38H,1-4H3. The minimum atomic E-state index is -0.150. The fourth-order valence-electron chi connectivity index (χ4n) is 9.37. The molecule has 10 rings (SSSR count). The molecule has 2 aliphatic rings. The summed E-state index contributed by atoms with van der Waals surface area (Å²) in [5.41, 5.74) is 19.8. The van der Waals surface area contributed by atoms with E-state index in [1.54, 1.807) is 0 Å². The maximum Gasteiger partial charge on any atom is 0.0465 e. The number of rotatable bonds is 8. The van der Waals surface area contributed by atoms with Gasteiger partial charge in [-0.25, -0.2) is 0 Å². The zero-order valence-corrected chi connectivity index (χ0v) is 33.5. The van der Waals surface area contributed by atoms with Gasteiger partial charge in [-0.05, 0) is 128 Å². The molecule has 8 aromatic rings. The molecule has 8 aromatic carbocycles. The molecule has 0 radical (unpaired) electrons. The van der Waals surface area contributed by atoms with Crippen LogP contribution in [0.3, 0.4) is 0 Å². The number of para-hydroxylation sites is 4. The highest BCUT2D eigenvalue weighted by Crippen LogP contribution is 2.53. The molecule has 0 N–H and O–H groups in total. The third-order valence-corrected chi connectivity index (χ3v) is 12.4. The first-order chi connectivity index (χ1) is 28.3. The molecular formula is C56H46N2. The summed E-state index contributed by atoms with van der Waals surface area (Å²) in [7, 11) is 0. The second-order valence-corrected chi connectivity index (χ2v) is 16.7. The number of fused-ring (bicyclic) bond motifs is 6. The summed E-state index contributed by atoms with van der Waals surface area (Å²) in [5.74, 6) is 0. The van der Waals surface area contributed by atoms with Crippen LogP contribution in [0, 0.1) is 0 Å². The Labute approximate surface area is 343 Å². The highest BCUT2D eigenvalue weighted by atomic mass is 15.1. The Morgan fingerprint density at radius 3 is 0.879 bits per heavy atom. The van der Waals surface area contributed by atoms with Crippen molar-refractivity contribution < 1.29 is 0 Å². The molecule has 2 nitrogen and oxygen atoms in total. The quantitative estimate of drug-likeness (QED) is 0.143. The van der Waals surface area contributed by atoms with Crippen molar-refractivity contribution in [1.29, 1.82) is 0 Å². The molecule has 0 amide bonds. The van der Waals surface area contributed by atoms with E-state index >= 15 is 0 Å². The van der Waals surface area contributed by atoms with Crippen LogP contribution in [0.5, 0.6) is 0 Å². The molecule has 0 unspecified atom stereocenters. The lowest BCUT2D eigenvalue weighted by atomic mass is 9.81. The van der Waals surface area contributed by atoms with E-state index in [9.17, 15) is 0 Å². The molecule has 0 heterocycles. The monoisotopic (exact) mass is 746 g/mol. The molecule has 0 aromatic heterocycles. The average Bonchev–Trinajstić information content (AvgIpc) is 3.63. The Balaban J connectivity index is 0.942. The van der Waals surface area contributed by atoms with Crippen LogP contribution < -0.4 is 9.80 Å². The highest BCUT2D eigenvalue weighted by molar-refractivity contribution is 5.89. The molecule has 0 bridgehead atoms. The molecule has 2 heteroatoms. The van der Waals surface area contributed by atoms with E-state index in [1.807, 2.05) is 0 Å². The fraction of sp³-hybridized carbons (Fsp3) is 0.107. The van der Waals surface area contributed by atoms with Gasteiger partial charge < -0.3 is 9.80 Å². The summed E-state index contributed by atoms with van der Waals surface area (Å²) in [4.78, 5) is 4.71. The molecule has 0 spiro atoms. The van der Waals surface area contributed by atoms with E-state index in [-0.39, 0.29) is 10.8 Å². The smallest absolute Gasteiger partial charge is 0.0465 e. The Morgan fingerprint density at radius 1 is 0.293 bits per heavy atom. The minimum absolute atomic E-state index is 0.150. The van der Waals surface area contributed by atoms with Gasteiger partial charge in [0.25, 0.3) is 0 Å². The first kappa shape index (κ1) is 35.5. The van der Waals surface area contributed by atoms with Crippen LogP contribution >= 0.6 is 0 Å². The molecule has 0 saturated carbocycles. The van der Waals surface area contributed by atoms with Crippen LogP contribution in [0.1, 0.15) is 61.1 Å². The maximum absolute atomic E-state index is 2.40. The summed E-state index contributed by atoms with van der Waals surface area (Å²) in [6.07, 6.45) is 4.56. The van der Waals surface area contributed by atoms with Gasteiger partial charge in [0, 0.05) is 45.0 Å². The van der Waals surface area contributed by atoms with E-state index in [0.717, 1.165) is 22.7 Å². The number of hydrogen-bond donors (Lipinski definition) is 0. The third-order valence-electron chi connectivity index (χ3n) is 12.4. The van der Waals surface area contributed by atoms with Crippen molar-refractivity contribution in [2.75, 3.05) is 9.80 Å². The molecule has 0 fully saturated rings. The van der Waals surface area contributed by atoms with Gasteiger partial charge in [-0.2, -0.15) is 0 Å². The van der Waals surface area contributed by atoms with Crippen molar-refractivity contribution in [3.05, 3.63) is 228 Å². The van der Waals surface area contributed by atoms with Crippen molar-refractivity contribution in [1.82, 2.24) is 0 Å². The topological polar surface area (TPSA) is 6.48 Å². The molecule has 0 saturated heterocycles. The van der Waals surface area contributed by atoms with Crippen molar-refractivity contribution in [2.24, 2.45) is 0 Å². The number of anilines is 6. The van der Waals surface area contributed by atoms with Gasteiger partial charge in [-0.3, -0.25) is 0 Å². The van der Waals surface area contributed by atoms with Gasteiger partial charge in [0.05, 0.1) is 0 Å². The Hall–Kier alpha value is -6.90. The van der Waals surface area contributed by atoms with Gasteiger partial charge in [0.2, 0.25) is 0 Å². The lowest BCUT2D eigenvalue weighted by Crippen LogP contribution is -2.16. The van der Waals surface area contributed by atoms with Crippen LogP contribution in [-0.4, -0.2) is 0 Å². The van der Waals surface area contributed by atoms with E-state index in [4.69, 9.17) is 0 Å². The molecule has 280 valence electrons. The Kier molecular flexibility index (Phi) is 8.53. The second kappa shape index (κ2) is 13.9. The van der Waals surface area contributed by atoms with E-state index in [2.05, 4.69) is 244 Å². The SMILES string of the molecule is CC1(C)c2cc(C=Cc3ccc4c(c3)C(C)(C)c3cc(N(c5ccccc5)c5ccccc5)ccc3-4)ccc2-c2ccc(N(c3ccccc3)c3ccccc3)cc21. The van der Waals surface area contributed by atoms with E-state index in [1.165, 1.54) is 67.0 Å². The summed E-state index contributed by atoms with van der Waals surface area (Å²) in [6, 6.07) is 70.6. The lowest BCUT2D eigenvalue weighted by Gasteiger charge is -2.28. The van der Waals surface area contributed by atoms with Crippen LogP contribution in [0.25, 0.3) is 34.4 Å². The molecule has 0 atom stereocenters. The van der Waals surface area contributed by atoms with E-state index in [0.29, 0.717) is 0 Å². The molecular weight excluding hydrogens is 701 g/mol. The summed E-state index contributed by atoms with van der Waals surface area (Å²) in [5, 5.41) is 0. The highest BCUT2D eigenvalue weighted by Gasteiger charge is 2.37. The fourth-order valence-corrected chi connectivity index (χ4v) is 9.37. The van der Waals surface area contributed by atoms with Gasteiger partial charge >= 0.3 is 0 Å². The Morgan fingerprint density at radius 2 is 0.569 bits per heavy atom.